The van der Waals surface area contributed by atoms with Gasteiger partial charge in [0.1, 0.15) is 17.5 Å². The van der Waals surface area contributed by atoms with E-state index < -0.39 is 0 Å². The fourth-order valence-electron chi connectivity index (χ4n) is 5.51. The van der Waals surface area contributed by atoms with Gasteiger partial charge in [-0.1, -0.05) is 29.8 Å². The molecule has 0 N–H and O–H groups in total. The molecule has 0 saturated carbocycles. The normalized spacial score (nSPS) is 16.9. The number of hydrogen-bond acceptors (Lipinski definition) is 6. The molecule has 3 aromatic rings. The molecule has 1 aromatic heterocycles. The Bertz CT molecular complexity index is 1330. The largest absolute Gasteiger partial charge is 0.490 e. The second-order valence-corrected chi connectivity index (χ2v) is 11.0. The molecular formula is C33H36N4O3. The van der Waals surface area contributed by atoms with Gasteiger partial charge >= 0.3 is 0 Å². The number of Topliss-reactive ketones (excluding diaryl/α,β-unsaturated/α-hetero) is 1. The highest BCUT2D eigenvalue weighted by atomic mass is 16.5. The molecule has 2 aliphatic heterocycles. The van der Waals surface area contributed by atoms with Crippen molar-refractivity contribution >= 4 is 11.7 Å². The lowest BCUT2D eigenvalue weighted by molar-refractivity contribution is 0.0594. The molecule has 2 aromatic carbocycles. The van der Waals surface area contributed by atoms with Crippen molar-refractivity contribution in [3.8, 4) is 11.8 Å². The number of rotatable bonds is 8. The van der Waals surface area contributed by atoms with Crippen LogP contribution in [0.2, 0.25) is 0 Å². The summed E-state index contributed by atoms with van der Waals surface area (Å²) in [5, 5.41) is 8.96. The lowest BCUT2D eigenvalue weighted by atomic mass is 9.90. The number of carbonyl (C=O) groups is 2. The highest BCUT2D eigenvalue weighted by molar-refractivity contribution is 5.97. The van der Waals surface area contributed by atoms with E-state index in [1.54, 1.807) is 18.3 Å². The van der Waals surface area contributed by atoms with Crippen LogP contribution in [-0.2, 0) is 6.54 Å². The number of piperidine rings is 2. The Morgan fingerprint density at radius 3 is 2.25 bits per heavy atom. The van der Waals surface area contributed by atoms with Crippen LogP contribution >= 0.6 is 0 Å². The van der Waals surface area contributed by atoms with Crippen molar-refractivity contribution in [2.24, 2.45) is 5.92 Å². The minimum Gasteiger partial charge on any atom is -0.490 e. The monoisotopic (exact) mass is 536 g/mol. The molecule has 0 radical (unpaired) electrons. The van der Waals surface area contributed by atoms with Gasteiger partial charge in [0.25, 0.3) is 5.91 Å². The average molecular weight is 537 g/mol. The third-order valence-corrected chi connectivity index (χ3v) is 8.02. The molecule has 7 heteroatoms. The van der Waals surface area contributed by atoms with Gasteiger partial charge in [0, 0.05) is 45.1 Å². The number of nitrogens with zero attached hydrogens (tertiary/aromatic N) is 4. The Kier molecular flexibility index (Phi) is 8.87. The number of likely N-dealkylation sites (tertiary alicyclic amines) is 2. The molecule has 0 aliphatic carbocycles. The minimum absolute atomic E-state index is 0.0404. The van der Waals surface area contributed by atoms with Gasteiger partial charge in [-0.25, -0.2) is 0 Å². The van der Waals surface area contributed by atoms with Crippen LogP contribution in [-0.4, -0.2) is 58.8 Å². The van der Waals surface area contributed by atoms with Crippen molar-refractivity contribution in [2.45, 2.75) is 51.7 Å². The van der Waals surface area contributed by atoms with E-state index in [9.17, 15) is 9.59 Å². The molecular weight excluding hydrogens is 500 g/mol. The Morgan fingerprint density at radius 2 is 1.62 bits per heavy atom. The Morgan fingerprint density at radius 1 is 0.925 bits per heavy atom. The lowest BCUT2D eigenvalue weighted by Crippen LogP contribution is -2.41. The summed E-state index contributed by atoms with van der Waals surface area (Å²) in [5.74, 6) is 1.21. The summed E-state index contributed by atoms with van der Waals surface area (Å²) >= 11 is 0. The molecule has 0 spiro atoms. The Labute approximate surface area is 236 Å². The summed E-state index contributed by atoms with van der Waals surface area (Å²) in [6.45, 7) is 6.09. The summed E-state index contributed by atoms with van der Waals surface area (Å²) in [5.41, 5.74) is 4.03. The second kappa shape index (κ2) is 12.9. The second-order valence-electron chi connectivity index (χ2n) is 11.0. The topological polar surface area (TPSA) is 86.5 Å². The highest BCUT2D eigenvalue weighted by Crippen LogP contribution is 2.24. The third-order valence-electron chi connectivity index (χ3n) is 8.02. The predicted molar refractivity (Wildman–Crippen MR) is 153 cm³/mol. The molecule has 2 fully saturated rings. The number of hydrogen-bond donors (Lipinski definition) is 0. The molecule has 5 rings (SSSR count). The van der Waals surface area contributed by atoms with E-state index in [2.05, 4.69) is 22.9 Å². The molecule has 2 aliphatic rings. The quantitative estimate of drug-likeness (QED) is 0.357. The summed E-state index contributed by atoms with van der Waals surface area (Å²) < 4.78 is 6.09. The number of ketones is 1. The summed E-state index contributed by atoms with van der Waals surface area (Å²) in [6, 6.07) is 21.4. The third kappa shape index (κ3) is 7.13. The molecule has 206 valence electrons. The van der Waals surface area contributed by atoms with Crippen LogP contribution in [0.5, 0.6) is 5.75 Å². The standard InChI is InChI=1S/C33H36N4O3/c1-24-2-9-29(10-3-24)40-30-14-18-37(19-15-30)33(39)28-8-11-31(35-22-28)32(38)20-25-12-16-36(17-13-25)23-27-6-4-26(21-34)5-7-27/h2-11,22,25,30H,12-20,23H2,1H3. The van der Waals surface area contributed by atoms with Crippen LogP contribution < -0.4 is 4.74 Å². The fourth-order valence-corrected chi connectivity index (χ4v) is 5.51. The molecule has 0 bridgehead atoms. The maximum Gasteiger partial charge on any atom is 0.255 e. The van der Waals surface area contributed by atoms with E-state index >= 15 is 0 Å². The van der Waals surface area contributed by atoms with Crippen molar-refractivity contribution in [1.29, 1.82) is 5.26 Å². The number of pyridine rings is 1. The van der Waals surface area contributed by atoms with Crippen LogP contribution in [0.4, 0.5) is 0 Å². The van der Waals surface area contributed by atoms with Gasteiger partial charge in [-0.2, -0.15) is 5.26 Å². The number of nitriles is 1. The minimum atomic E-state index is -0.0464. The zero-order valence-electron chi connectivity index (χ0n) is 23.1. The van der Waals surface area contributed by atoms with Gasteiger partial charge in [-0.3, -0.25) is 19.5 Å². The number of carbonyl (C=O) groups excluding carboxylic acids is 2. The number of amides is 1. The van der Waals surface area contributed by atoms with Crippen molar-refractivity contribution in [2.75, 3.05) is 26.2 Å². The first kappa shape index (κ1) is 27.5. The fraction of sp³-hybridized carbons (Fsp3) is 0.394. The van der Waals surface area contributed by atoms with E-state index in [1.165, 1.54) is 11.1 Å². The van der Waals surface area contributed by atoms with E-state index in [0.29, 0.717) is 42.2 Å². The smallest absolute Gasteiger partial charge is 0.255 e. The first-order valence-electron chi connectivity index (χ1n) is 14.2. The van der Waals surface area contributed by atoms with Crippen LogP contribution in [0.1, 0.15) is 69.6 Å². The Hall–Kier alpha value is -4.02. The zero-order valence-corrected chi connectivity index (χ0v) is 23.1. The van der Waals surface area contributed by atoms with Gasteiger partial charge in [0.15, 0.2) is 5.78 Å². The van der Waals surface area contributed by atoms with Crippen LogP contribution in [0.25, 0.3) is 0 Å². The molecule has 0 unspecified atom stereocenters. The van der Waals surface area contributed by atoms with Crippen LogP contribution in [0.3, 0.4) is 0 Å². The number of aromatic nitrogens is 1. The van der Waals surface area contributed by atoms with E-state index in [1.807, 2.05) is 53.4 Å². The first-order valence-corrected chi connectivity index (χ1v) is 14.2. The summed E-state index contributed by atoms with van der Waals surface area (Å²) in [7, 11) is 0. The van der Waals surface area contributed by atoms with Gasteiger partial charge in [-0.05, 0) is 80.7 Å². The van der Waals surface area contributed by atoms with E-state index in [0.717, 1.165) is 51.1 Å². The van der Waals surface area contributed by atoms with Crippen molar-refractivity contribution in [1.82, 2.24) is 14.8 Å². The zero-order chi connectivity index (χ0) is 27.9. The number of ether oxygens (including phenoxy) is 1. The summed E-state index contributed by atoms with van der Waals surface area (Å²) in [4.78, 5) is 34.6. The molecule has 0 atom stereocenters. The van der Waals surface area contributed by atoms with Crippen molar-refractivity contribution in [3.05, 3.63) is 94.8 Å². The highest BCUT2D eigenvalue weighted by Gasteiger charge is 2.26. The average Bonchev–Trinajstić information content (AvgIpc) is 3.00. The van der Waals surface area contributed by atoms with E-state index in [4.69, 9.17) is 10.00 Å². The first-order chi connectivity index (χ1) is 19.5. The SMILES string of the molecule is Cc1ccc(OC2CCN(C(=O)c3ccc(C(=O)CC4CCN(Cc5ccc(C#N)cc5)CC4)nc3)CC2)cc1. The molecule has 1 amide bonds. The number of benzene rings is 2. The predicted octanol–water partition coefficient (Wildman–Crippen LogP) is 5.43. The Balaban J connectivity index is 1.05. The maximum absolute atomic E-state index is 13.0. The van der Waals surface area contributed by atoms with Crippen molar-refractivity contribution in [3.63, 3.8) is 0 Å². The van der Waals surface area contributed by atoms with Crippen LogP contribution in [0.15, 0.2) is 66.9 Å². The summed E-state index contributed by atoms with van der Waals surface area (Å²) in [6.07, 6.45) is 5.66. The molecule has 2 saturated heterocycles. The lowest BCUT2D eigenvalue weighted by Gasteiger charge is -2.32. The van der Waals surface area contributed by atoms with E-state index in [-0.39, 0.29) is 17.8 Å². The molecule has 7 nitrogen and oxygen atoms in total. The van der Waals surface area contributed by atoms with Gasteiger partial charge < -0.3 is 9.64 Å². The van der Waals surface area contributed by atoms with Gasteiger partial charge in [-0.15, -0.1) is 0 Å². The number of aryl methyl sites for hydroxylation is 1. The maximum atomic E-state index is 13.0. The molecule has 40 heavy (non-hydrogen) atoms. The van der Waals surface area contributed by atoms with Crippen molar-refractivity contribution < 1.29 is 14.3 Å². The van der Waals surface area contributed by atoms with Gasteiger partial charge in [0.2, 0.25) is 0 Å². The molecule has 3 heterocycles. The van der Waals surface area contributed by atoms with Crippen LogP contribution in [0, 0.1) is 24.2 Å². The van der Waals surface area contributed by atoms with Gasteiger partial charge in [0.05, 0.1) is 17.2 Å².